The van der Waals surface area contributed by atoms with Gasteiger partial charge in [0.05, 0.1) is 5.69 Å². The summed E-state index contributed by atoms with van der Waals surface area (Å²) in [5.74, 6) is 0. The predicted octanol–water partition coefficient (Wildman–Crippen LogP) is 4.29. The van der Waals surface area contributed by atoms with Gasteiger partial charge in [0.25, 0.3) is 0 Å². The van der Waals surface area contributed by atoms with Crippen LogP contribution in [-0.2, 0) is 0 Å². The highest BCUT2D eigenvalue weighted by Gasteiger charge is 2.32. The molecule has 0 amide bonds. The third kappa shape index (κ3) is 2.34. The molecule has 3 heteroatoms. The molecule has 0 N–H and O–H groups in total. The third-order valence-electron chi connectivity index (χ3n) is 3.86. The Bertz CT molecular complexity index is 412. The number of halogens is 1. The van der Waals surface area contributed by atoms with Crippen LogP contribution in [-0.4, -0.2) is 16.0 Å². The number of alkyl halides is 1. The van der Waals surface area contributed by atoms with Gasteiger partial charge in [0, 0.05) is 12.2 Å². The van der Waals surface area contributed by atoms with E-state index in [1.54, 1.807) is 0 Å². The van der Waals surface area contributed by atoms with Crippen molar-refractivity contribution in [1.82, 2.24) is 5.01 Å². The van der Waals surface area contributed by atoms with Crippen LogP contribution in [0.1, 0.15) is 32.1 Å². The maximum atomic E-state index is 3.78. The van der Waals surface area contributed by atoms with Crippen molar-refractivity contribution in [2.45, 2.75) is 43.1 Å². The van der Waals surface area contributed by atoms with Gasteiger partial charge in [-0.25, -0.2) is 0 Å². The van der Waals surface area contributed by atoms with Gasteiger partial charge in [0.1, 0.15) is 4.95 Å². The second-order valence-corrected chi connectivity index (χ2v) is 6.00. The first-order chi connectivity index (χ1) is 8.86. The molecule has 1 fully saturated rings. The smallest absolute Gasteiger partial charge is 0.105 e. The third-order valence-corrected chi connectivity index (χ3v) is 4.58. The van der Waals surface area contributed by atoms with Crippen LogP contribution in [0, 0.1) is 0 Å². The summed E-state index contributed by atoms with van der Waals surface area (Å²) in [6.45, 7) is 0. The second-order valence-electron chi connectivity index (χ2n) is 5.07. The Morgan fingerprint density at radius 1 is 1.00 bits per heavy atom. The fourth-order valence-electron chi connectivity index (χ4n) is 2.96. The van der Waals surface area contributed by atoms with Crippen LogP contribution in [0.5, 0.6) is 0 Å². The lowest BCUT2D eigenvalue weighted by Gasteiger charge is -2.39. The van der Waals surface area contributed by atoms with E-state index < -0.39 is 0 Å². The summed E-state index contributed by atoms with van der Waals surface area (Å²) < 4.78 is 0. The van der Waals surface area contributed by atoms with Crippen molar-refractivity contribution in [2.75, 3.05) is 5.01 Å². The van der Waals surface area contributed by atoms with Crippen molar-refractivity contribution in [1.29, 1.82) is 0 Å². The van der Waals surface area contributed by atoms with E-state index in [9.17, 15) is 0 Å². The van der Waals surface area contributed by atoms with Gasteiger partial charge in [-0.2, -0.15) is 5.01 Å². The highest BCUT2D eigenvalue weighted by molar-refractivity contribution is 9.09. The Labute approximate surface area is 117 Å². The van der Waals surface area contributed by atoms with Gasteiger partial charge >= 0.3 is 0 Å². The molecule has 0 spiro atoms. The quantitative estimate of drug-likeness (QED) is 0.594. The topological polar surface area (TPSA) is 6.48 Å². The first-order valence-corrected chi connectivity index (χ1v) is 7.73. The minimum Gasteiger partial charge on any atom is -0.280 e. The molecule has 18 heavy (non-hydrogen) atoms. The van der Waals surface area contributed by atoms with Crippen LogP contribution < -0.4 is 5.01 Å². The van der Waals surface area contributed by atoms with Gasteiger partial charge < -0.3 is 0 Å². The molecule has 0 radical (unpaired) electrons. The lowest BCUT2D eigenvalue weighted by Crippen LogP contribution is -2.47. The van der Waals surface area contributed by atoms with Crippen LogP contribution in [0.2, 0.25) is 0 Å². The average molecular weight is 307 g/mol. The first kappa shape index (κ1) is 12.2. The van der Waals surface area contributed by atoms with Crippen molar-refractivity contribution in [3.05, 3.63) is 42.6 Å². The van der Waals surface area contributed by atoms with E-state index in [1.165, 1.54) is 37.8 Å². The summed E-state index contributed by atoms with van der Waals surface area (Å²) in [5, 5.41) is 4.78. The van der Waals surface area contributed by atoms with E-state index in [4.69, 9.17) is 0 Å². The van der Waals surface area contributed by atoms with E-state index in [2.05, 4.69) is 68.6 Å². The van der Waals surface area contributed by atoms with E-state index in [-0.39, 0.29) is 0 Å². The van der Waals surface area contributed by atoms with Crippen molar-refractivity contribution < 1.29 is 0 Å². The number of rotatable bonds is 2. The van der Waals surface area contributed by atoms with Crippen LogP contribution in [0.15, 0.2) is 42.6 Å². The fraction of sp³-hybridized carbons (Fsp3) is 0.467. The van der Waals surface area contributed by atoms with Crippen LogP contribution in [0.3, 0.4) is 0 Å². The van der Waals surface area contributed by atoms with E-state index in [0.717, 1.165) is 0 Å². The maximum Gasteiger partial charge on any atom is 0.105 e. The molecule has 1 heterocycles. The van der Waals surface area contributed by atoms with Gasteiger partial charge in [-0.05, 0) is 31.1 Å². The number of anilines is 1. The van der Waals surface area contributed by atoms with E-state index in [0.29, 0.717) is 11.0 Å². The molecule has 1 aliphatic carbocycles. The Kier molecular flexibility index (Phi) is 3.71. The zero-order valence-corrected chi connectivity index (χ0v) is 12.1. The predicted molar refractivity (Wildman–Crippen MR) is 79.5 cm³/mol. The lowest BCUT2D eigenvalue weighted by molar-refractivity contribution is 0.172. The molecule has 2 aliphatic rings. The number of nitrogens with zero attached hydrogens (tertiary/aromatic N) is 2. The molecule has 3 rings (SSSR count). The number of hydrazine groups is 1. The molecule has 0 bridgehead atoms. The largest absolute Gasteiger partial charge is 0.280 e. The molecular formula is C15H19BrN2. The standard InChI is InChI=1S/C15H19BrN2/c16-15-11-12-17(13-7-3-1-4-8-13)18(15)14-9-5-2-6-10-14/h1,3-4,7-8,11-12,14-15H,2,5-6,9-10H2. The highest BCUT2D eigenvalue weighted by Crippen LogP contribution is 2.33. The summed E-state index contributed by atoms with van der Waals surface area (Å²) in [7, 11) is 0. The zero-order valence-electron chi connectivity index (χ0n) is 10.5. The van der Waals surface area contributed by atoms with Crippen molar-refractivity contribution >= 4 is 21.6 Å². The maximum absolute atomic E-state index is 3.78. The number of hydrogen-bond donors (Lipinski definition) is 0. The molecule has 1 aliphatic heterocycles. The fourth-order valence-corrected chi connectivity index (χ4v) is 3.63. The monoisotopic (exact) mass is 306 g/mol. The summed E-state index contributed by atoms with van der Waals surface area (Å²) in [4.78, 5) is 0.334. The van der Waals surface area contributed by atoms with Gasteiger partial charge in [-0.1, -0.05) is 53.4 Å². The molecule has 1 unspecified atom stereocenters. The SMILES string of the molecule is BrC1C=CN(c2ccccc2)N1C1CCCCC1. The molecule has 1 atom stereocenters. The van der Waals surface area contributed by atoms with Crippen molar-refractivity contribution in [3.8, 4) is 0 Å². The normalized spacial score (nSPS) is 25.8. The minimum atomic E-state index is 0.334. The average Bonchev–Trinajstić information content (AvgIpc) is 2.83. The molecule has 0 saturated heterocycles. The Morgan fingerprint density at radius 3 is 2.44 bits per heavy atom. The molecule has 1 aromatic carbocycles. The highest BCUT2D eigenvalue weighted by atomic mass is 79.9. The van der Waals surface area contributed by atoms with E-state index >= 15 is 0 Å². The Hall–Kier alpha value is -0.800. The van der Waals surface area contributed by atoms with Gasteiger partial charge in [0.15, 0.2) is 0 Å². The van der Waals surface area contributed by atoms with Crippen LogP contribution >= 0.6 is 15.9 Å². The zero-order chi connectivity index (χ0) is 12.4. The summed E-state index contributed by atoms with van der Waals surface area (Å²) >= 11 is 3.78. The summed E-state index contributed by atoms with van der Waals surface area (Å²) in [5.41, 5.74) is 1.25. The number of hydrogen-bond acceptors (Lipinski definition) is 2. The van der Waals surface area contributed by atoms with E-state index in [1.807, 2.05) is 0 Å². The molecule has 0 aromatic heterocycles. The number of benzene rings is 1. The van der Waals surface area contributed by atoms with Crippen LogP contribution in [0.25, 0.3) is 0 Å². The van der Waals surface area contributed by atoms with Crippen molar-refractivity contribution in [2.24, 2.45) is 0 Å². The second kappa shape index (κ2) is 5.45. The molecule has 1 aromatic rings. The molecule has 1 saturated carbocycles. The van der Waals surface area contributed by atoms with Crippen molar-refractivity contribution in [3.63, 3.8) is 0 Å². The Morgan fingerprint density at radius 2 is 1.72 bits per heavy atom. The van der Waals surface area contributed by atoms with Gasteiger partial charge in [-0.15, -0.1) is 0 Å². The number of para-hydroxylation sites is 1. The van der Waals surface area contributed by atoms with Gasteiger partial charge in [-0.3, -0.25) is 5.01 Å². The first-order valence-electron chi connectivity index (χ1n) is 6.81. The summed E-state index contributed by atoms with van der Waals surface area (Å²) in [6.07, 6.45) is 11.2. The molecule has 96 valence electrons. The molecular weight excluding hydrogens is 288 g/mol. The minimum absolute atomic E-state index is 0.334. The lowest BCUT2D eigenvalue weighted by atomic mass is 9.95. The molecule has 2 nitrogen and oxygen atoms in total. The van der Waals surface area contributed by atoms with Crippen LogP contribution in [0.4, 0.5) is 5.69 Å². The van der Waals surface area contributed by atoms with Gasteiger partial charge in [0.2, 0.25) is 0 Å². The summed E-state index contributed by atoms with van der Waals surface area (Å²) in [6, 6.07) is 11.3. The Balaban J connectivity index is 1.82.